The summed E-state index contributed by atoms with van der Waals surface area (Å²) in [6.07, 6.45) is 0. The van der Waals surface area contributed by atoms with Crippen molar-refractivity contribution < 1.29 is 9.66 Å². The van der Waals surface area contributed by atoms with Crippen molar-refractivity contribution in [3.05, 3.63) is 104 Å². The molecule has 1 atom stereocenters. The SMILES string of the molecule is COc1ccc(Cn2c(SC(C)c3cccc([N+](=O)[O-])c3)nc3ccccc3c2=O)cc1. The molecule has 0 bridgehead atoms. The molecule has 4 aromatic rings. The highest BCUT2D eigenvalue weighted by atomic mass is 32.2. The van der Waals surface area contributed by atoms with E-state index < -0.39 is 4.92 Å². The second-order valence-electron chi connectivity index (χ2n) is 7.26. The van der Waals surface area contributed by atoms with Crippen LogP contribution in [0, 0.1) is 10.1 Å². The maximum absolute atomic E-state index is 13.3. The van der Waals surface area contributed by atoms with Crippen LogP contribution < -0.4 is 10.3 Å². The van der Waals surface area contributed by atoms with Crippen LogP contribution in [-0.4, -0.2) is 21.6 Å². The van der Waals surface area contributed by atoms with Crippen molar-refractivity contribution in [1.82, 2.24) is 9.55 Å². The summed E-state index contributed by atoms with van der Waals surface area (Å²) < 4.78 is 6.88. The number of thioether (sulfide) groups is 1. The lowest BCUT2D eigenvalue weighted by Gasteiger charge is -2.17. The van der Waals surface area contributed by atoms with Gasteiger partial charge in [-0.05, 0) is 42.3 Å². The number of aromatic nitrogens is 2. The number of hydrogen-bond donors (Lipinski definition) is 0. The third-order valence-corrected chi connectivity index (χ3v) is 6.31. The molecule has 1 aromatic heterocycles. The van der Waals surface area contributed by atoms with Gasteiger partial charge in [-0.15, -0.1) is 0 Å². The highest BCUT2D eigenvalue weighted by molar-refractivity contribution is 7.99. The number of ether oxygens (including phenoxy) is 1. The van der Waals surface area contributed by atoms with E-state index in [2.05, 4.69) is 0 Å². The number of para-hydroxylation sites is 1. The molecule has 7 nitrogen and oxygen atoms in total. The zero-order valence-electron chi connectivity index (χ0n) is 17.6. The van der Waals surface area contributed by atoms with Gasteiger partial charge in [0.2, 0.25) is 0 Å². The molecule has 0 N–H and O–H groups in total. The van der Waals surface area contributed by atoms with Crippen LogP contribution >= 0.6 is 11.8 Å². The summed E-state index contributed by atoms with van der Waals surface area (Å²) in [5.41, 5.74) is 2.27. The summed E-state index contributed by atoms with van der Waals surface area (Å²) in [7, 11) is 1.61. The molecular formula is C24H21N3O4S. The van der Waals surface area contributed by atoms with E-state index in [4.69, 9.17) is 9.72 Å². The normalized spacial score (nSPS) is 11.9. The van der Waals surface area contributed by atoms with E-state index in [-0.39, 0.29) is 16.5 Å². The number of methoxy groups -OCH3 is 1. The quantitative estimate of drug-likeness (QED) is 0.167. The Morgan fingerprint density at radius 2 is 1.84 bits per heavy atom. The average Bonchev–Trinajstić information content (AvgIpc) is 2.82. The largest absolute Gasteiger partial charge is 0.497 e. The van der Waals surface area contributed by atoms with Crippen LogP contribution in [0.25, 0.3) is 10.9 Å². The highest BCUT2D eigenvalue weighted by Crippen LogP contribution is 2.35. The van der Waals surface area contributed by atoms with E-state index in [9.17, 15) is 14.9 Å². The molecule has 0 radical (unpaired) electrons. The van der Waals surface area contributed by atoms with Gasteiger partial charge in [-0.25, -0.2) is 4.98 Å². The van der Waals surface area contributed by atoms with Gasteiger partial charge < -0.3 is 4.74 Å². The van der Waals surface area contributed by atoms with E-state index in [1.807, 2.05) is 55.5 Å². The average molecular weight is 448 g/mol. The summed E-state index contributed by atoms with van der Waals surface area (Å²) in [4.78, 5) is 28.8. The molecule has 0 spiro atoms. The summed E-state index contributed by atoms with van der Waals surface area (Å²) in [5.74, 6) is 0.742. The van der Waals surface area contributed by atoms with E-state index >= 15 is 0 Å². The number of hydrogen-bond acceptors (Lipinski definition) is 6. The molecule has 1 unspecified atom stereocenters. The fourth-order valence-electron chi connectivity index (χ4n) is 3.41. The first-order valence-electron chi connectivity index (χ1n) is 10.00. The van der Waals surface area contributed by atoms with Crippen molar-refractivity contribution in [2.75, 3.05) is 7.11 Å². The van der Waals surface area contributed by atoms with E-state index in [0.717, 1.165) is 16.9 Å². The minimum atomic E-state index is -0.408. The predicted octanol–water partition coefficient (Wildman–Crippen LogP) is 5.21. The third kappa shape index (κ3) is 4.50. The molecule has 0 aliphatic rings. The van der Waals surface area contributed by atoms with E-state index in [1.54, 1.807) is 29.9 Å². The van der Waals surface area contributed by atoms with Crippen molar-refractivity contribution in [1.29, 1.82) is 0 Å². The van der Waals surface area contributed by atoms with Crippen LogP contribution in [0.1, 0.15) is 23.3 Å². The van der Waals surface area contributed by atoms with Gasteiger partial charge in [0, 0.05) is 17.4 Å². The Hall–Kier alpha value is -3.65. The lowest BCUT2D eigenvalue weighted by Crippen LogP contribution is -2.24. The number of nitro benzene ring substituents is 1. The maximum atomic E-state index is 13.3. The maximum Gasteiger partial charge on any atom is 0.269 e. The molecule has 162 valence electrons. The number of nitro groups is 1. The fraction of sp³-hybridized carbons (Fsp3) is 0.167. The van der Waals surface area contributed by atoms with E-state index in [0.29, 0.717) is 22.6 Å². The van der Waals surface area contributed by atoms with Crippen LogP contribution in [0.3, 0.4) is 0 Å². The molecule has 32 heavy (non-hydrogen) atoms. The Labute approximate surface area is 188 Å². The zero-order valence-corrected chi connectivity index (χ0v) is 18.4. The lowest BCUT2D eigenvalue weighted by molar-refractivity contribution is -0.384. The van der Waals surface area contributed by atoms with Crippen LogP contribution in [0.4, 0.5) is 5.69 Å². The van der Waals surface area contributed by atoms with Gasteiger partial charge in [0.05, 0.1) is 29.5 Å². The fourth-order valence-corrected chi connectivity index (χ4v) is 4.43. The topological polar surface area (TPSA) is 87.3 Å². The molecule has 8 heteroatoms. The molecule has 0 saturated heterocycles. The third-order valence-electron chi connectivity index (χ3n) is 5.16. The highest BCUT2D eigenvalue weighted by Gasteiger charge is 2.18. The number of nitrogens with zero attached hydrogens (tertiary/aromatic N) is 3. The number of rotatable bonds is 7. The Kier molecular flexibility index (Phi) is 6.23. The Bertz CT molecular complexity index is 1340. The molecule has 0 amide bonds. The second kappa shape index (κ2) is 9.23. The van der Waals surface area contributed by atoms with Gasteiger partial charge in [-0.3, -0.25) is 19.5 Å². The number of benzene rings is 3. The van der Waals surface area contributed by atoms with Gasteiger partial charge >= 0.3 is 0 Å². The molecule has 0 aliphatic carbocycles. The standard InChI is InChI=1S/C24H21N3O4S/c1-16(18-6-5-7-19(14-18)27(29)30)32-24-25-22-9-4-3-8-21(22)23(28)26(24)15-17-10-12-20(31-2)13-11-17/h3-14,16H,15H2,1-2H3. The van der Waals surface area contributed by atoms with Crippen LogP contribution in [0.5, 0.6) is 5.75 Å². The number of fused-ring (bicyclic) bond motifs is 1. The Balaban J connectivity index is 1.75. The van der Waals surface area contributed by atoms with Crippen LogP contribution in [-0.2, 0) is 6.54 Å². The van der Waals surface area contributed by atoms with Gasteiger partial charge in [-0.2, -0.15) is 0 Å². The van der Waals surface area contributed by atoms with E-state index in [1.165, 1.54) is 17.8 Å². The molecule has 0 aliphatic heterocycles. The van der Waals surface area contributed by atoms with Crippen LogP contribution in [0.15, 0.2) is 82.7 Å². The van der Waals surface area contributed by atoms with Crippen molar-refractivity contribution >= 4 is 28.4 Å². The van der Waals surface area contributed by atoms with Gasteiger partial charge in [0.15, 0.2) is 5.16 Å². The van der Waals surface area contributed by atoms with Crippen molar-refractivity contribution in [2.45, 2.75) is 23.9 Å². The first-order chi connectivity index (χ1) is 15.5. The monoisotopic (exact) mass is 447 g/mol. The molecule has 4 rings (SSSR count). The molecule has 3 aromatic carbocycles. The first kappa shape index (κ1) is 21.6. The Morgan fingerprint density at radius 3 is 2.56 bits per heavy atom. The lowest BCUT2D eigenvalue weighted by atomic mass is 10.1. The zero-order chi connectivity index (χ0) is 22.7. The first-order valence-corrected chi connectivity index (χ1v) is 10.9. The van der Waals surface area contributed by atoms with Gasteiger partial charge in [0.1, 0.15) is 5.75 Å². The van der Waals surface area contributed by atoms with Crippen LogP contribution in [0.2, 0.25) is 0 Å². The van der Waals surface area contributed by atoms with Crippen molar-refractivity contribution in [3.63, 3.8) is 0 Å². The molecular weight excluding hydrogens is 426 g/mol. The minimum absolute atomic E-state index is 0.0389. The molecule has 0 fully saturated rings. The summed E-state index contributed by atoms with van der Waals surface area (Å²) in [6, 6.07) is 21.3. The summed E-state index contributed by atoms with van der Waals surface area (Å²) in [5, 5.41) is 12.1. The second-order valence-corrected chi connectivity index (χ2v) is 8.57. The summed E-state index contributed by atoms with van der Waals surface area (Å²) in [6.45, 7) is 2.30. The van der Waals surface area contributed by atoms with Crippen molar-refractivity contribution in [3.8, 4) is 5.75 Å². The smallest absolute Gasteiger partial charge is 0.269 e. The van der Waals surface area contributed by atoms with Gasteiger partial charge in [-0.1, -0.05) is 48.2 Å². The summed E-state index contributed by atoms with van der Waals surface area (Å²) >= 11 is 1.40. The molecule has 0 saturated carbocycles. The van der Waals surface area contributed by atoms with Gasteiger partial charge in [0.25, 0.3) is 11.2 Å². The van der Waals surface area contributed by atoms with Crippen molar-refractivity contribution in [2.24, 2.45) is 0 Å². The Morgan fingerprint density at radius 1 is 1.09 bits per heavy atom. The predicted molar refractivity (Wildman–Crippen MR) is 125 cm³/mol. The number of non-ortho nitro benzene ring substituents is 1. The minimum Gasteiger partial charge on any atom is -0.497 e. The molecule has 1 heterocycles.